The molecule has 0 fully saturated rings. The molecule has 0 aromatic heterocycles. The molecule has 0 rings (SSSR count). The highest BCUT2D eigenvalue weighted by atomic mass is 16.7. The first-order chi connectivity index (χ1) is 4.57. The van der Waals surface area contributed by atoms with E-state index in [1.165, 1.54) is 7.11 Å². The fraction of sp³-hybridized carbons (Fsp3) is 0.600. The Morgan fingerprint density at radius 1 is 2.00 bits per heavy atom. The van der Waals surface area contributed by atoms with Gasteiger partial charge in [-0.2, -0.15) is 0 Å². The van der Waals surface area contributed by atoms with Crippen LogP contribution in [-0.2, 0) is 4.74 Å². The van der Waals surface area contributed by atoms with Crippen LogP contribution in [0.2, 0.25) is 0 Å². The van der Waals surface area contributed by atoms with Crippen LogP contribution in [0.5, 0.6) is 0 Å². The van der Waals surface area contributed by atoms with E-state index in [1.807, 2.05) is 0 Å². The molecule has 0 aliphatic rings. The summed E-state index contributed by atoms with van der Waals surface area (Å²) < 4.78 is 4.48. The highest BCUT2D eigenvalue weighted by Crippen LogP contribution is 2.00. The Morgan fingerprint density at radius 3 is 2.60 bits per heavy atom. The highest BCUT2D eigenvalue weighted by Gasteiger charge is 2.18. The van der Waals surface area contributed by atoms with E-state index in [2.05, 4.69) is 11.3 Å². The third-order valence-electron chi connectivity index (χ3n) is 0.944. The molecular formula is C5H10N2O3. The van der Waals surface area contributed by atoms with Crippen LogP contribution in [-0.4, -0.2) is 18.3 Å². The van der Waals surface area contributed by atoms with Gasteiger partial charge in [0.1, 0.15) is 0 Å². The zero-order valence-corrected chi connectivity index (χ0v) is 5.74. The first-order valence-electron chi connectivity index (χ1n) is 2.67. The molecule has 2 N–H and O–H groups in total. The van der Waals surface area contributed by atoms with Crippen LogP contribution in [0.15, 0.2) is 12.3 Å². The van der Waals surface area contributed by atoms with Crippen molar-refractivity contribution < 1.29 is 9.66 Å². The summed E-state index contributed by atoms with van der Waals surface area (Å²) in [6.07, 6.45) is -0.999. The maximum absolute atomic E-state index is 10.0. The number of nitro groups is 1. The number of hydrogen-bond donors (Lipinski definition) is 1. The molecule has 10 heavy (non-hydrogen) atoms. The van der Waals surface area contributed by atoms with Crippen LogP contribution in [0.4, 0.5) is 0 Å². The monoisotopic (exact) mass is 146 g/mol. The molecule has 5 nitrogen and oxygen atoms in total. The van der Waals surface area contributed by atoms with Crippen LogP contribution in [0, 0.1) is 10.1 Å². The van der Waals surface area contributed by atoms with Crippen molar-refractivity contribution >= 4 is 0 Å². The van der Waals surface area contributed by atoms with E-state index >= 15 is 0 Å². The number of methoxy groups -OCH3 is 1. The van der Waals surface area contributed by atoms with Gasteiger partial charge in [-0.05, 0) is 0 Å². The van der Waals surface area contributed by atoms with Gasteiger partial charge in [0, 0.05) is 12.8 Å². The van der Waals surface area contributed by atoms with Gasteiger partial charge in [-0.25, -0.2) is 0 Å². The second-order valence-corrected chi connectivity index (χ2v) is 1.84. The third kappa shape index (κ3) is 3.03. The maximum atomic E-state index is 10.0. The Labute approximate surface area is 58.6 Å². The topological polar surface area (TPSA) is 78.4 Å². The number of rotatable bonds is 4. The molecule has 0 amide bonds. The summed E-state index contributed by atoms with van der Waals surface area (Å²) in [6.45, 7) is 3.32. The van der Waals surface area contributed by atoms with Crippen molar-refractivity contribution in [2.24, 2.45) is 5.73 Å². The zero-order chi connectivity index (χ0) is 8.15. The Hall–Kier alpha value is -1.10. The van der Waals surface area contributed by atoms with E-state index in [0.717, 1.165) is 0 Å². The number of nitrogens with zero attached hydrogens (tertiary/aromatic N) is 1. The molecule has 0 heterocycles. The molecule has 0 aliphatic heterocycles. The van der Waals surface area contributed by atoms with Crippen LogP contribution < -0.4 is 5.73 Å². The smallest absolute Gasteiger partial charge is 0.320 e. The molecule has 0 aromatic rings. The molecule has 0 spiro atoms. The molecule has 0 radical (unpaired) electrons. The minimum absolute atomic E-state index is 0.0590. The number of ether oxygens (including phenoxy) is 1. The van der Waals surface area contributed by atoms with Gasteiger partial charge < -0.3 is 10.5 Å². The standard InChI is InChI=1S/C5H10N2O3/c1-4(6)3-5(10-2)7(8)9/h5H,1,3,6H2,2H3. The predicted octanol–water partition coefficient (Wildman–Crippen LogP) is 0.0981. The minimum atomic E-state index is -1.06. The second-order valence-electron chi connectivity index (χ2n) is 1.84. The fourth-order valence-corrected chi connectivity index (χ4v) is 0.468. The fourth-order valence-electron chi connectivity index (χ4n) is 0.468. The van der Waals surface area contributed by atoms with Crippen molar-refractivity contribution in [2.75, 3.05) is 7.11 Å². The first-order valence-corrected chi connectivity index (χ1v) is 2.67. The van der Waals surface area contributed by atoms with E-state index in [-0.39, 0.29) is 12.1 Å². The maximum Gasteiger partial charge on any atom is 0.320 e. The van der Waals surface area contributed by atoms with Gasteiger partial charge in [0.05, 0.1) is 11.3 Å². The van der Waals surface area contributed by atoms with E-state index in [4.69, 9.17) is 5.73 Å². The highest BCUT2D eigenvalue weighted by molar-refractivity contribution is 4.86. The molecular weight excluding hydrogens is 136 g/mol. The molecule has 0 aliphatic carbocycles. The predicted molar refractivity (Wildman–Crippen MR) is 35.7 cm³/mol. The van der Waals surface area contributed by atoms with Gasteiger partial charge in [-0.3, -0.25) is 10.1 Å². The Morgan fingerprint density at radius 2 is 2.50 bits per heavy atom. The molecule has 0 saturated carbocycles. The number of hydrogen-bond acceptors (Lipinski definition) is 4. The van der Waals surface area contributed by atoms with E-state index in [9.17, 15) is 10.1 Å². The third-order valence-corrected chi connectivity index (χ3v) is 0.944. The summed E-state index contributed by atoms with van der Waals surface area (Å²) in [6, 6.07) is 0. The van der Waals surface area contributed by atoms with Gasteiger partial charge in [0.25, 0.3) is 0 Å². The molecule has 1 atom stereocenters. The quantitative estimate of drug-likeness (QED) is 0.346. The van der Waals surface area contributed by atoms with E-state index in [1.54, 1.807) is 0 Å². The minimum Gasteiger partial charge on any atom is -0.402 e. The lowest BCUT2D eigenvalue weighted by atomic mass is 10.3. The van der Waals surface area contributed by atoms with Crippen molar-refractivity contribution in [1.82, 2.24) is 0 Å². The molecule has 58 valence electrons. The lowest BCUT2D eigenvalue weighted by Crippen LogP contribution is -2.23. The van der Waals surface area contributed by atoms with Gasteiger partial charge in [-0.1, -0.05) is 6.58 Å². The summed E-state index contributed by atoms with van der Waals surface area (Å²) in [5.74, 6) is 0. The van der Waals surface area contributed by atoms with E-state index < -0.39 is 11.2 Å². The normalized spacial score (nSPS) is 12.5. The Bertz CT molecular complexity index is 146. The Balaban J connectivity index is 3.83. The van der Waals surface area contributed by atoms with Crippen molar-refractivity contribution in [3.05, 3.63) is 22.4 Å². The van der Waals surface area contributed by atoms with Crippen molar-refractivity contribution in [3.8, 4) is 0 Å². The molecule has 1 unspecified atom stereocenters. The van der Waals surface area contributed by atoms with E-state index in [0.29, 0.717) is 0 Å². The van der Waals surface area contributed by atoms with Gasteiger partial charge in [0.2, 0.25) is 0 Å². The van der Waals surface area contributed by atoms with Crippen LogP contribution in [0.3, 0.4) is 0 Å². The largest absolute Gasteiger partial charge is 0.402 e. The van der Waals surface area contributed by atoms with Gasteiger partial charge >= 0.3 is 6.23 Å². The van der Waals surface area contributed by atoms with Crippen molar-refractivity contribution in [2.45, 2.75) is 12.6 Å². The average Bonchev–Trinajstić information content (AvgIpc) is 1.81. The molecule has 0 saturated heterocycles. The average molecular weight is 146 g/mol. The first kappa shape index (κ1) is 8.90. The number of nitrogens with two attached hydrogens (primary N) is 1. The van der Waals surface area contributed by atoms with Crippen LogP contribution >= 0.6 is 0 Å². The molecule has 0 bridgehead atoms. The summed E-state index contributed by atoms with van der Waals surface area (Å²) in [7, 11) is 1.26. The van der Waals surface area contributed by atoms with Crippen LogP contribution in [0.1, 0.15) is 6.42 Å². The van der Waals surface area contributed by atoms with Crippen molar-refractivity contribution in [1.29, 1.82) is 0 Å². The summed E-state index contributed by atoms with van der Waals surface area (Å²) in [4.78, 5) is 9.51. The Kier molecular flexibility index (Phi) is 3.42. The summed E-state index contributed by atoms with van der Waals surface area (Å²) in [5.41, 5.74) is 5.38. The molecule has 0 aromatic carbocycles. The van der Waals surface area contributed by atoms with Crippen LogP contribution in [0.25, 0.3) is 0 Å². The van der Waals surface area contributed by atoms with Gasteiger partial charge in [-0.15, -0.1) is 0 Å². The second kappa shape index (κ2) is 3.84. The lowest BCUT2D eigenvalue weighted by molar-refractivity contribution is -0.572. The molecule has 5 heteroatoms. The van der Waals surface area contributed by atoms with Crippen molar-refractivity contribution in [3.63, 3.8) is 0 Å². The summed E-state index contributed by atoms with van der Waals surface area (Å²) >= 11 is 0. The zero-order valence-electron chi connectivity index (χ0n) is 5.74. The lowest BCUT2D eigenvalue weighted by Gasteiger charge is -2.05. The summed E-state index contributed by atoms with van der Waals surface area (Å²) in [5, 5.41) is 10.0. The van der Waals surface area contributed by atoms with Gasteiger partial charge in [0.15, 0.2) is 0 Å². The SMILES string of the molecule is C=C(N)CC(OC)[N+](=O)[O-].